The summed E-state index contributed by atoms with van der Waals surface area (Å²) in [6.07, 6.45) is -10.5. The molecule has 0 aromatic heterocycles. The third kappa shape index (κ3) is 5.61. The molecule has 2 aliphatic heterocycles. The number of amidine groups is 1. The molecule has 0 radical (unpaired) electrons. The number of thioether (sulfide) groups is 1. The smallest absolute Gasteiger partial charge is 0.316 e. The molecule has 2 heterocycles. The van der Waals surface area contributed by atoms with Crippen molar-refractivity contribution in [2.24, 2.45) is 4.99 Å². The maximum Gasteiger partial charge on any atom is 0.416 e. The Labute approximate surface area is 205 Å². The number of alkyl halides is 6. The summed E-state index contributed by atoms with van der Waals surface area (Å²) in [5.41, 5.74) is -3.23. The van der Waals surface area contributed by atoms with Crippen molar-refractivity contribution in [3.8, 4) is 0 Å². The van der Waals surface area contributed by atoms with Gasteiger partial charge in [-0.3, -0.25) is 4.79 Å². The SMILES string of the molecule is O=C(Cc1ccccc1Cl)N=C1S[C@H]2CS(=O)(=O)C[C@@H]2N1c1cc(C(F)(F)F)cc(C(F)(F)F)c1. The summed E-state index contributed by atoms with van der Waals surface area (Å²) in [6.45, 7) is 0. The molecule has 2 aromatic rings. The lowest BCUT2D eigenvalue weighted by atomic mass is 10.1. The summed E-state index contributed by atoms with van der Waals surface area (Å²) in [5.74, 6) is -1.58. The second-order valence-corrected chi connectivity index (χ2v) is 11.8. The summed E-state index contributed by atoms with van der Waals surface area (Å²) in [7, 11) is -3.59. The van der Waals surface area contributed by atoms with Gasteiger partial charge in [0, 0.05) is 16.0 Å². The zero-order valence-corrected chi connectivity index (χ0v) is 19.8. The molecule has 2 atom stereocenters. The van der Waals surface area contributed by atoms with E-state index in [2.05, 4.69) is 4.99 Å². The molecule has 35 heavy (non-hydrogen) atoms. The molecule has 4 rings (SSSR count). The van der Waals surface area contributed by atoms with Crippen LogP contribution in [0.15, 0.2) is 47.5 Å². The molecule has 0 bridgehead atoms. The fraction of sp³-hybridized carbons (Fsp3) is 0.333. The molecule has 14 heteroatoms. The second-order valence-electron chi connectivity index (χ2n) is 7.99. The number of aliphatic imine (C=N–C) groups is 1. The van der Waals surface area contributed by atoms with E-state index in [4.69, 9.17) is 11.6 Å². The molecular weight excluding hydrogens is 542 g/mol. The van der Waals surface area contributed by atoms with Crippen LogP contribution in [0.1, 0.15) is 16.7 Å². The second kappa shape index (κ2) is 9.00. The Morgan fingerprint density at radius 3 is 2.20 bits per heavy atom. The van der Waals surface area contributed by atoms with Crippen molar-refractivity contribution in [1.29, 1.82) is 0 Å². The molecule has 0 N–H and O–H groups in total. The molecule has 2 saturated heterocycles. The van der Waals surface area contributed by atoms with E-state index in [9.17, 15) is 39.6 Å². The van der Waals surface area contributed by atoms with Crippen LogP contribution in [0, 0.1) is 0 Å². The summed E-state index contributed by atoms with van der Waals surface area (Å²) in [5, 5.41) is -0.595. The molecule has 188 valence electrons. The standard InChI is InChI=1S/C21H15ClF6N2O3S2/c22-15-4-2-1-3-11(15)5-18(31)29-19-30(16-9-35(32,33)10-17(16)34-19)14-7-12(20(23,24)25)6-13(8-14)21(26,27)28/h1-4,6-8,16-17H,5,9-10H2/t16-,17-/m0/s1. The number of benzene rings is 2. The lowest BCUT2D eigenvalue weighted by Gasteiger charge is -2.26. The number of sulfone groups is 1. The Morgan fingerprint density at radius 1 is 1.03 bits per heavy atom. The van der Waals surface area contributed by atoms with E-state index in [-0.39, 0.29) is 28.4 Å². The minimum absolute atomic E-state index is 0.0189. The highest BCUT2D eigenvalue weighted by Crippen LogP contribution is 2.44. The number of carbonyl (C=O) groups excluding carboxylic acids is 1. The van der Waals surface area contributed by atoms with Gasteiger partial charge in [0.25, 0.3) is 5.91 Å². The first-order valence-electron chi connectivity index (χ1n) is 9.95. The van der Waals surface area contributed by atoms with E-state index in [0.29, 0.717) is 17.7 Å². The van der Waals surface area contributed by atoms with Crippen molar-refractivity contribution >= 4 is 50.0 Å². The zero-order valence-electron chi connectivity index (χ0n) is 17.4. The normalized spacial score (nSPS) is 23.1. The van der Waals surface area contributed by atoms with Gasteiger partial charge in [-0.2, -0.15) is 31.3 Å². The molecule has 2 fully saturated rings. The van der Waals surface area contributed by atoms with Gasteiger partial charge < -0.3 is 4.90 Å². The van der Waals surface area contributed by atoms with E-state index in [0.717, 1.165) is 16.7 Å². The molecule has 0 unspecified atom stereocenters. The largest absolute Gasteiger partial charge is 0.416 e. The van der Waals surface area contributed by atoms with Crippen LogP contribution in [0.2, 0.25) is 5.02 Å². The van der Waals surface area contributed by atoms with E-state index in [1.807, 2.05) is 0 Å². The van der Waals surface area contributed by atoms with Crippen molar-refractivity contribution in [3.63, 3.8) is 0 Å². The number of hydrogen-bond donors (Lipinski definition) is 0. The van der Waals surface area contributed by atoms with Gasteiger partial charge in [-0.15, -0.1) is 0 Å². The van der Waals surface area contributed by atoms with Gasteiger partial charge in [0.05, 0.1) is 35.1 Å². The molecule has 1 amide bonds. The van der Waals surface area contributed by atoms with Crippen molar-refractivity contribution in [1.82, 2.24) is 0 Å². The van der Waals surface area contributed by atoms with Gasteiger partial charge in [0.15, 0.2) is 15.0 Å². The predicted octanol–water partition coefficient (Wildman–Crippen LogP) is 5.22. The summed E-state index contributed by atoms with van der Waals surface area (Å²) in [4.78, 5) is 17.6. The Bertz CT molecular complexity index is 1280. The first kappa shape index (κ1) is 25.8. The zero-order chi connectivity index (χ0) is 25.8. The minimum Gasteiger partial charge on any atom is -0.316 e. The van der Waals surface area contributed by atoms with Gasteiger partial charge in [-0.05, 0) is 29.8 Å². The van der Waals surface area contributed by atoms with Crippen molar-refractivity contribution in [2.45, 2.75) is 30.1 Å². The first-order chi connectivity index (χ1) is 16.1. The van der Waals surface area contributed by atoms with E-state index in [1.54, 1.807) is 24.3 Å². The number of halogens is 7. The predicted molar refractivity (Wildman–Crippen MR) is 120 cm³/mol. The lowest BCUT2D eigenvalue weighted by Crippen LogP contribution is -2.38. The van der Waals surface area contributed by atoms with Crippen LogP contribution in [0.5, 0.6) is 0 Å². The van der Waals surface area contributed by atoms with E-state index < -0.39 is 62.0 Å². The highest BCUT2D eigenvalue weighted by atomic mass is 35.5. The van der Waals surface area contributed by atoms with Crippen LogP contribution in [-0.4, -0.2) is 42.3 Å². The number of amides is 1. The summed E-state index contributed by atoms with van der Waals surface area (Å²) in [6, 6.07) is 6.39. The van der Waals surface area contributed by atoms with Crippen LogP contribution < -0.4 is 4.90 Å². The van der Waals surface area contributed by atoms with E-state index >= 15 is 0 Å². The average molecular weight is 557 g/mol. The highest BCUT2D eigenvalue weighted by Gasteiger charge is 2.50. The average Bonchev–Trinajstić information content (AvgIpc) is 3.18. The molecule has 0 spiro atoms. The van der Waals surface area contributed by atoms with Gasteiger partial charge in [-0.25, -0.2) is 8.42 Å². The fourth-order valence-electron chi connectivity index (χ4n) is 3.89. The van der Waals surface area contributed by atoms with Crippen molar-refractivity contribution < 1.29 is 39.6 Å². The maximum absolute atomic E-state index is 13.4. The van der Waals surface area contributed by atoms with Crippen molar-refractivity contribution in [2.75, 3.05) is 16.4 Å². The third-order valence-electron chi connectivity index (χ3n) is 5.44. The molecule has 5 nitrogen and oxygen atoms in total. The monoisotopic (exact) mass is 556 g/mol. The van der Waals surface area contributed by atoms with Crippen LogP contribution in [0.25, 0.3) is 0 Å². The topological polar surface area (TPSA) is 66.8 Å². The number of fused-ring (bicyclic) bond motifs is 1. The van der Waals surface area contributed by atoms with Gasteiger partial charge in [0.1, 0.15) is 0 Å². The Kier molecular flexibility index (Phi) is 6.64. The Balaban J connectivity index is 1.79. The van der Waals surface area contributed by atoms with E-state index in [1.165, 1.54) is 0 Å². The number of anilines is 1. The third-order valence-corrected chi connectivity index (χ3v) is 9.02. The highest BCUT2D eigenvalue weighted by molar-refractivity contribution is 8.16. The summed E-state index contributed by atoms with van der Waals surface area (Å²) >= 11 is 6.88. The molecule has 0 aliphatic carbocycles. The van der Waals surface area contributed by atoms with Crippen molar-refractivity contribution in [3.05, 3.63) is 64.2 Å². The van der Waals surface area contributed by atoms with Crippen LogP contribution in [0.4, 0.5) is 32.0 Å². The number of nitrogens with zero attached hydrogens (tertiary/aromatic N) is 2. The van der Waals surface area contributed by atoms with Gasteiger partial charge in [0.2, 0.25) is 0 Å². The molecule has 2 aliphatic rings. The number of carbonyl (C=O) groups is 1. The van der Waals surface area contributed by atoms with Crippen LogP contribution in [-0.2, 0) is 33.4 Å². The Morgan fingerprint density at radius 2 is 1.63 bits per heavy atom. The molecular formula is C21H15ClF6N2O3S2. The maximum atomic E-state index is 13.4. The van der Waals surface area contributed by atoms with Gasteiger partial charge in [-0.1, -0.05) is 41.6 Å². The molecule has 0 saturated carbocycles. The number of rotatable bonds is 3. The first-order valence-corrected chi connectivity index (χ1v) is 13.0. The minimum atomic E-state index is -5.10. The molecule has 2 aromatic carbocycles. The van der Waals surface area contributed by atoms with Crippen LogP contribution in [0.3, 0.4) is 0 Å². The fourth-order valence-corrected chi connectivity index (χ4v) is 8.03. The van der Waals surface area contributed by atoms with Gasteiger partial charge >= 0.3 is 12.4 Å². The number of hydrogen-bond acceptors (Lipinski definition) is 4. The van der Waals surface area contributed by atoms with Crippen LogP contribution >= 0.6 is 23.4 Å². The summed E-state index contributed by atoms with van der Waals surface area (Å²) < 4.78 is 105. The lowest BCUT2D eigenvalue weighted by molar-refractivity contribution is -0.143. The quantitative estimate of drug-likeness (QED) is 0.485. The Hall–Kier alpha value is -2.25.